The Bertz CT molecular complexity index is 558. The number of halogens is 1. The van der Waals surface area contributed by atoms with Crippen LogP contribution in [0.15, 0.2) is 37.6 Å². The largest absolute Gasteiger partial charge is 0.430 e. The topological polar surface area (TPSA) is 72.2 Å². The van der Waals surface area contributed by atoms with Gasteiger partial charge in [0.15, 0.2) is 5.13 Å². The van der Waals surface area contributed by atoms with Crippen LogP contribution in [0, 0.1) is 0 Å². The van der Waals surface area contributed by atoms with Gasteiger partial charge in [-0.3, -0.25) is 10.1 Å². The van der Waals surface area contributed by atoms with Crippen LogP contribution < -0.4 is 10.9 Å². The van der Waals surface area contributed by atoms with E-state index in [1.54, 1.807) is 6.20 Å². The van der Waals surface area contributed by atoms with E-state index in [1.165, 1.54) is 23.5 Å². The molecule has 2 aromatic heterocycles. The molecule has 0 fully saturated rings. The molecule has 7 heteroatoms. The first-order chi connectivity index (χ1) is 7.65. The quantitative estimate of drug-likeness (QED) is 0.922. The zero-order valence-electron chi connectivity index (χ0n) is 7.77. The van der Waals surface area contributed by atoms with Crippen molar-refractivity contribution in [1.82, 2.24) is 4.98 Å². The van der Waals surface area contributed by atoms with Gasteiger partial charge in [0.1, 0.15) is 6.26 Å². The van der Waals surface area contributed by atoms with Gasteiger partial charge >= 0.3 is 5.63 Å². The highest BCUT2D eigenvalue weighted by Gasteiger charge is 2.08. The Balaban J connectivity index is 2.14. The van der Waals surface area contributed by atoms with Crippen LogP contribution in [-0.2, 0) is 0 Å². The van der Waals surface area contributed by atoms with Gasteiger partial charge in [0, 0.05) is 6.07 Å². The summed E-state index contributed by atoms with van der Waals surface area (Å²) < 4.78 is 5.40. The second-order valence-corrected chi connectivity index (χ2v) is 5.18. The number of carbonyl (C=O) groups excluding carboxylic acids is 1. The average Bonchev–Trinajstić information content (AvgIpc) is 2.65. The molecule has 1 amide bonds. The lowest BCUT2D eigenvalue weighted by atomic mass is 10.3. The van der Waals surface area contributed by atoms with Gasteiger partial charge in [0.2, 0.25) is 0 Å². The molecule has 1 N–H and O–H groups in total. The Hall–Kier alpha value is -1.47. The highest BCUT2D eigenvalue weighted by Crippen LogP contribution is 2.23. The molecule has 82 valence electrons. The molecule has 0 aliphatic carbocycles. The number of carbonyl (C=O) groups is 1. The van der Waals surface area contributed by atoms with E-state index in [2.05, 4.69) is 30.6 Å². The van der Waals surface area contributed by atoms with Crippen molar-refractivity contribution < 1.29 is 9.21 Å². The SMILES string of the molecule is O=C(Nc1ncc(Br)s1)c1ccc(=O)oc1. The van der Waals surface area contributed by atoms with Crippen LogP contribution in [0.5, 0.6) is 0 Å². The molecule has 0 saturated carbocycles. The van der Waals surface area contributed by atoms with Crippen LogP contribution in [0.3, 0.4) is 0 Å². The molecule has 0 saturated heterocycles. The van der Waals surface area contributed by atoms with Crippen LogP contribution >= 0.6 is 27.3 Å². The van der Waals surface area contributed by atoms with Crippen LogP contribution in [0.4, 0.5) is 5.13 Å². The van der Waals surface area contributed by atoms with Gasteiger partial charge in [-0.05, 0) is 22.0 Å². The molecule has 16 heavy (non-hydrogen) atoms. The Morgan fingerprint density at radius 1 is 1.50 bits per heavy atom. The number of hydrogen-bond acceptors (Lipinski definition) is 5. The van der Waals surface area contributed by atoms with Crippen LogP contribution in [0.25, 0.3) is 0 Å². The maximum absolute atomic E-state index is 11.6. The van der Waals surface area contributed by atoms with Gasteiger partial charge in [-0.15, -0.1) is 0 Å². The summed E-state index contributed by atoms with van der Waals surface area (Å²) in [5.74, 6) is -0.370. The highest BCUT2D eigenvalue weighted by atomic mass is 79.9. The molecule has 0 radical (unpaired) electrons. The standard InChI is InChI=1S/C9H5BrN2O3S/c10-6-3-11-9(16-6)12-8(14)5-1-2-7(13)15-4-5/h1-4H,(H,11,12,14). The number of nitrogens with zero attached hydrogens (tertiary/aromatic N) is 1. The number of aromatic nitrogens is 1. The third-order valence-corrected chi connectivity index (χ3v) is 3.05. The van der Waals surface area contributed by atoms with Gasteiger partial charge in [0.25, 0.3) is 5.91 Å². The van der Waals surface area contributed by atoms with Gasteiger partial charge in [-0.2, -0.15) is 0 Å². The lowest BCUT2D eigenvalue weighted by Crippen LogP contribution is -2.12. The first-order valence-corrected chi connectivity index (χ1v) is 5.77. The van der Waals surface area contributed by atoms with E-state index in [4.69, 9.17) is 0 Å². The summed E-state index contributed by atoms with van der Waals surface area (Å²) in [6, 6.07) is 2.58. The van der Waals surface area contributed by atoms with E-state index < -0.39 is 5.63 Å². The van der Waals surface area contributed by atoms with Crippen molar-refractivity contribution in [2.75, 3.05) is 5.32 Å². The van der Waals surface area contributed by atoms with Crippen molar-refractivity contribution in [3.8, 4) is 0 Å². The normalized spacial score (nSPS) is 10.1. The van der Waals surface area contributed by atoms with Crippen LogP contribution in [-0.4, -0.2) is 10.9 Å². The smallest absolute Gasteiger partial charge is 0.335 e. The van der Waals surface area contributed by atoms with Gasteiger partial charge in [0.05, 0.1) is 15.5 Å². The zero-order chi connectivity index (χ0) is 11.5. The molecule has 2 aromatic rings. The molecule has 0 spiro atoms. The maximum atomic E-state index is 11.6. The second kappa shape index (κ2) is 4.58. The summed E-state index contributed by atoms with van der Waals surface area (Å²) in [6.07, 6.45) is 2.70. The fourth-order valence-electron chi connectivity index (χ4n) is 0.969. The predicted molar refractivity (Wildman–Crippen MR) is 62.7 cm³/mol. The summed E-state index contributed by atoms with van der Waals surface area (Å²) in [5, 5.41) is 3.05. The molecule has 0 bridgehead atoms. The van der Waals surface area contributed by atoms with Crippen molar-refractivity contribution in [2.24, 2.45) is 0 Å². The number of nitrogens with one attached hydrogen (secondary N) is 1. The maximum Gasteiger partial charge on any atom is 0.335 e. The summed E-state index contributed by atoms with van der Waals surface area (Å²) in [6.45, 7) is 0. The zero-order valence-corrected chi connectivity index (χ0v) is 10.2. The lowest BCUT2D eigenvalue weighted by molar-refractivity contribution is 0.102. The molecule has 0 aliphatic rings. The first-order valence-electron chi connectivity index (χ1n) is 4.17. The van der Waals surface area contributed by atoms with E-state index in [-0.39, 0.29) is 11.5 Å². The summed E-state index contributed by atoms with van der Waals surface area (Å²) in [5.41, 5.74) is -0.223. The number of anilines is 1. The minimum Gasteiger partial charge on any atom is -0.430 e. The van der Waals surface area contributed by atoms with Gasteiger partial charge < -0.3 is 4.42 Å². The third-order valence-electron chi connectivity index (χ3n) is 1.66. The Morgan fingerprint density at radius 3 is 2.88 bits per heavy atom. The second-order valence-electron chi connectivity index (χ2n) is 2.77. The molecule has 0 atom stereocenters. The van der Waals surface area contributed by atoms with Crippen molar-refractivity contribution in [1.29, 1.82) is 0 Å². The van der Waals surface area contributed by atoms with Crippen molar-refractivity contribution in [2.45, 2.75) is 0 Å². The highest BCUT2D eigenvalue weighted by molar-refractivity contribution is 9.11. The number of thiazole rings is 1. The van der Waals surface area contributed by atoms with Crippen molar-refractivity contribution >= 4 is 38.3 Å². The van der Waals surface area contributed by atoms with E-state index in [9.17, 15) is 9.59 Å². The number of hydrogen-bond donors (Lipinski definition) is 1. The summed E-state index contributed by atoms with van der Waals surface area (Å²) in [7, 11) is 0. The minimum absolute atomic E-state index is 0.269. The van der Waals surface area contributed by atoms with Crippen molar-refractivity contribution in [3.05, 3.63) is 44.4 Å². The number of amides is 1. The van der Waals surface area contributed by atoms with Crippen molar-refractivity contribution in [3.63, 3.8) is 0 Å². The molecular formula is C9H5BrN2O3S. The third kappa shape index (κ3) is 2.56. The average molecular weight is 301 g/mol. The van der Waals surface area contributed by atoms with Crippen LogP contribution in [0.1, 0.15) is 10.4 Å². The first kappa shape index (κ1) is 11.0. The minimum atomic E-state index is -0.492. The van der Waals surface area contributed by atoms with Gasteiger partial charge in [-0.1, -0.05) is 11.3 Å². The Morgan fingerprint density at radius 2 is 2.31 bits per heavy atom. The van der Waals surface area contributed by atoms with E-state index in [0.29, 0.717) is 5.13 Å². The van der Waals surface area contributed by atoms with E-state index in [1.807, 2.05) is 0 Å². The summed E-state index contributed by atoms with van der Waals surface area (Å²) >= 11 is 4.53. The molecule has 2 heterocycles. The molecular weight excluding hydrogens is 296 g/mol. The fraction of sp³-hybridized carbons (Fsp3) is 0. The number of rotatable bonds is 2. The monoisotopic (exact) mass is 300 g/mol. The van der Waals surface area contributed by atoms with E-state index in [0.717, 1.165) is 10.0 Å². The van der Waals surface area contributed by atoms with Crippen LogP contribution in [0.2, 0.25) is 0 Å². The fourth-order valence-corrected chi connectivity index (χ4v) is 2.07. The molecule has 0 aliphatic heterocycles. The van der Waals surface area contributed by atoms with E-state index >= 15 is 0 Å². The molecule has 5 nitrogen and oxygen atoms in total. The Labute approximate surface area is 102 Å². The molecule has 0 unspecified atom stereocenters. The van der Waals surface area contributed by atoms with Gasteiger partial charge in [-0.25, -0.2) is 9.78 Å². The lowest BCUT2D eigenvalue weighted by Gasteiger charge is -1.99. The molecule has 0 aromatic carbocycles. The Kier molecular flexibility index (Phi) is 3.16. The molecule has 2 rings (SSSR count). The summed E-state index contributed by atoms with van der Waals surface area (Å²) in [4.78, 5) is 26.3. The predicted octanol–water partition coefficient (Wildman–Crippen LogP) is 2.11.